The number of carbonyl (C=O) groups is 1. The summed E-state index contributed by atoms with van der Waals surface area (Å²) in [6.45, 7) is 2.47. The number of rotatable bonds is 8. The minimum atomic E-state index is -0.715. The molecule has 178 valence electrons. The first-order valence-electron chi connectivity index (χ1n) is 11.5. The van der Waals surface area contributed by atoms with Gasteiger partial charge in [0.05, 0.1) is 30.2 Å². The molecule has 0 saturated carbocycles. The number of aliphatic hydroxyl groups excluding tert-OH is 1. The molecule has 1 atom stereocenters. The van der Waals surface area contributed by atoms with Gasteiger partial charge in [0.15, 0.2) is 16.9 Å². The van der Waals surface area contributed by atoms with Crippen molar-refractivity contribution < 1.29 is 23.8 Å². The van der Waals surface area contributed by atoms with E-state index >= 15 is 0 Å². The fourth-order valence-electron chi connectivity index (χ4n) is 4.47. The number of nitrogens with zero attached hydrogens (tertiary/aromatic N) is 1. The zero-order valence-electron chi connectivity index (χ0n) is 19.3. The molecule has 1 aromatic heterocycles. The molecule has 0 radical (unpaired) electrons. The first-order valence-corrected chi connectivity index (χ1v) is 11.5. The van der Waals surface area contributed by atoms with Gasteiger partial charge in [-0.05, 0) is 42.3 Å². The molecule has 7 nitrogen and oxygen atoms in total. The molecule has 1 N–H and O–H groups in total. The summed E-state index contributed by atoms with van der Waals surface area (Å²) in [5.41, 5.74) is 2.05. The maximum Gasteiger partial charge on any atom is 0.290 e. The second-order valence-corrected chi connectivity index (χ2v) is 8.21. The molecular weight excluding hydrogens is 446 g/mol. The van der Waals surface area contributed by atoms with Gasteiger partial charge in [-0.25, -0.2) is 0 Å². The molecule has 0 saturated heterocycles. The average molecular weight is 472 g/mol. The van der Waals surface area contributed by atoms with Crippen molar-refractivity contribution in [2.24, 2.45) is 0 Å². The van der Waals surface area contributed by atoms with Crippen molar-refractivity contribution in [2.45, 2.75) is 19.6 Å². The summed E-state index contributed by atoms with van der Waals surface area (Å²) in [5, 5.41) is 10.1. The second-order valence-electron chi connectivity index (χ2n) is 8.21. The standard InChI is InChI=1S/C28H25NO6/c1-2-33-23-16-19(12-13-22(23)34-17-18-8-4-3-5-9-18)25-24-26(31)20-10-6-7-11-21(20)35-27(24)28(32)29(25)14-15-30/h3-13,16,25,30H,2,14-15,17H2,1H3. The van der Waals surface area contributed by atoms with Crippen molar-refractivity contribution in [1.29, 1.82) is 0 Å². The van der Waals surface area contributed by atoms with Crippen LogP contribution in [0.15, 0.2) is 82.0 Å². The Morgan fingerprint density at radius 3 is 2.49 bits per heavy atom. The number of amides is 1. The summed E-state index contributed by atoms with van der Waals surface area (Å²) in [6, 6.07) is 21.3. The van der Waals surface area contributed by atoms with Crippen molar-refractivity contribution in [3.8, 4) is 11.5 Å². The molecule has 35 heavy (non-hydrogen) atoms. The Hall–Kier alpha value is -4.10. The first kappa shape index (κ1) is 22.7. The molecule has 5 rings (SSSR count). The zero-order chi connectivity index (χ0) is 24.4. The maximum absolute atomic E-state index is 13.5. The van der Waals surface area contributed by atoms with Crippen LogP contribution in [-0.4, -0.2) is 35.7 Å². The molecule has 1 amide bonds. The van der Waals surface area contributed by atoms with Gasteiger partial charge in [0.25, 0.3) is 5.91 Å². The van der Waals surface area contributed by atoms with E-state index in [4.69, 9.17) is 13.9 Å². The van der Waals surface area contributed by atoms with Crippen LogP contribution in [0.1, 0.15) is 40.2 Å². The van der Waals surface area contributed by atoms with E-state index in [-0.39, 0.29) is 29.9 Å². The molecule has 1 aliphatic rings. The smallest absolute Gasteiger partial charge is 0.290 e. The van der Waals surface area contributed by atoms with E-state index in [1.807, 2.05) is 43.3 Å². The van der Waals surface area contributed by atoms with Crippen molar-refractivity contribution >= 4 is 16.9 Å². The summed E-state index contributed by atoms with van der Waals surface area (Å²) in [7, 11) is 0. The quantitative estimate of drug-likeness (QED) is 0.412. The van der Waals surface area contributed by atoms with E-state index < -0.39 is 11.9 Å². The molecule has 1 unspecified atom stereocenters. The topological polar surface area (TPSA) is 89.2 Å². The lowest BCUT2D eigenvalue weighted by Crippen LogP contribution is -2.32. The number of benzene rings is 3. The van der Waals surface area contributed by atoms with E-state index in [2.05, 4.69) is 0 Å². The fourth-order valence-corrected chi connectivity index (χ4v) is 4.47. The molecular formula is C28H25NO6. The molecule has 0 aliphatic carbocycles. The predicted octanol–water partition coefficient (Wildman–Crippen LogP) is 4.31. The first-order chi connectivity index (χ1) is 17.1. The lowest BCUT2D eigenvalue weighted by molar-refractivity contribution is 0.0691. The van der Waals surface area contributed by atoms with Gasteiger partial charge in [-0.3, -0.25) is 9.59 Å². The molecule has 0 bridgehead atoms. The highest BCUT2D eigenvalue weighted by molar-refractivity contribution is 5.99. The number of aliphatic hydroxyl groups is 1. The number of fused-ring (bicyclic) bond motifs is 2. The minimum Gasteiger partial charge on any atom is -0.490 e. The highest BCUT2D eigenvalue weighted by Crippen LogP contribution is 2.41. The largest absolute Gasteiger partial charge is 0.490 e. The van der Waals surface area contributed by atoms with Gasteiger partial charge in [0, 0.05) is 6.54 Å². The molecule has 0 spiro atoms. The van der Waals surface area contributed by atoms with Gasteiger partial charge >= 0.3 is 0 Å². The van der Waals surface area contributed by atoms with Crippen molar-refractivity contribution in [3.05, 3.63) is 105 Å². The second kappa shape index (κ2) is 9.64. The number of hydrogen-bond acceptors (Lipinski definition) is 6. The third-order valence-corrected chi connectivity index (χ3v) is 6.03. The van der Waals surface area contributed by atoms with Gasteiger partial charge in [-0.2, -0.15) is 0 Å². The highest BCUT2D eigenvalue weighted by Gasteiger charge is 2.42. The summed E-state index contributed by atoms with van der Waals surface area (Å²) >= 11 is 0. The third-order valence-electron chi connectivity index (χ3n) is 6.03. The molecule has 2 heterocycles. The van der Waals surface area contributed by atoms with Crippen LogP contribution in [0, 0.1) is 0 Å². The van der Waals surface area contributed by atoms with Crippen LogP contribution in [0.3, 0.4) is 0 Å². The van der Waals surface area contributed by atoms with E-state index in [1.165, 1.54) is 4.90 Å². The fraction of sp³-hybridized carbons (Fsp3) is 0.214. The van der Waals surface area contributed by atoms with Crippen molar-refractivity contribution in [2.75, 3.05) is 19.8 Å². The third kappa shape index (κ3) is 4.15. The molecule has 4 aromatic rings. The van der Waals surface area contributed by atoms with Crippen LogP contribution < -0.4 is 14.9 Å². The molecule has 3 aromatic carbocycles. The Morgan fingerprint density at radius 1 is 0.943 bits per heavy atom. The Labute approximate surface area is 202 Å². The maximum atomic E-state index is 13.5. The minimum absolute atomic E-state index is 0.00881. The van der Waals surface area contributed by atoms with E-state index in [1.54, 1.807) is 36.4 Å². The van der Waals surface area contributed by atoms with Crippen LogP contribution in [-0.2, 0) is 6.61 Å². The van der Waals surface area contributed by atoms with Gasteiger partial charge in [0.1, 0.15) is 12.2 Å². The Balaban J connectivity index is 1.58. The molecule has 1 aliphatic heterocycles. The van der Waals surface area contributed by atoms with Gasteiger partial charge in [-0.15, -0.1) is 0 Å². The van der Waals surface area contributed by atoms with Gasteiger partial charge in [-0.1, -0.05) is 48.5 Å². The summed E-state index contributed by atoms with van der Waals surface area (Å²) in [6.07, 6.45) is 0. The van der Waals surface area contributed by atoms with Gasteiger partial charge in [0.2, 0.25) is 5.76 Å². The van der Waals surface area contributed by atoms with Crippen LogP contribution in [0.4, 0.5) is 0 Å². The molecule has 7 heteroatoms. The zero-order valence-corrected chi connectivity index (χ0v) is 19.3. The number of hydrogen-bond donors (Lipinski definition) is 1. The van der Waals surface area contributed by atoms with Crippen molar-refractivity contribution in [3.63, 3.8) is 0 Å². The summed E-state index contributed by atoms with van der Waals surface area (Å²) in [4.78, 5) is 28.2. The van der Waals surface area contributed by atoms with E-state index in [9.17, 15) is 14.7 Å². The lowest BCUT2D eigenvalue weighted by Gasteiger charge is -2.25. The number of β-amino-alcohol motifs (C(OH)–C–C–N with tert-alkyl or cyclic N) is 1. The summed E-state index contributed by atoms with van der Waals surface area (Å²) < 4.78 is 17.8. The number of ether oxygens (including phenoxy) is 2. The number of carbonyl (C=O) groups excluding carboxylic acids is 1. The van der Waals surface area contributed by atoms with Crippen molar-refractivity contribution in [1.82, 2.24) is 4.90 Å². The number of para-hydroxylation sites is 1. The van der Waals surface area contributed by atoms with E-state index in [0.29, 0.717) is 41.2 Å². The van der Waals surface area contributed by atoms with Crippen LogP contribution in [0.25, 0.3) is 11.0 Å². The van der Waals surface area contributed by atoms with E-state index in [0.717, 1.165) is 5.56 Å². The monoisotopic (exact) mass is 471 g/mol. The van der Waals surface area contributed by atoms with Crippen LogP contribution in [0.2, 0.25) is 0 Å². The SMILES string of the molecule is CCOc1cc(C2c3c(oc4ccccc4c3=O)C(=O)N2CCO)ccc1OCc1ccccc1. The predicted molar refractivity (Wildman–Crippen MR) is 131 cm³/mol. The Kier molecular flexibility index (Phi) is 6.25. The average Bonchev–Trinajstić information content (AvgIpc) is 3.16. The lowest BCUT2D eigenvalue weighted by atomic mass is 9.98. The normalized spacial score (nSPS) is 14.9. The Morgan fingerprint density at radius 2 is 1.71 bits per heavy atom. The molecule has 0 fully saturated rings. The summed E-state index contributed by atoms with van der Waals surface area (Å²) in [5.74, 6) is 0.651. The van der Waals surface area contributed by atoms with Crippen LogP contribution >= 0.6 is 0 Å². The van der Waals surface area contributed by atoms with Crippen LogP contribution in [0.5, 0.6) is 11.5 Å². The van der Waals surface area contributed by atoms with Gasteiger partial charge < -0.3 is 23.9 Å². The highest BCUT2D eigenvalue weighted by atomic mass is 16.5. The Bertz CT molecular complexity index is 1430.